The van der Waals surface area contributed by atoms with Crippen molar-refractivity contribution in [3.05, 3.63) is 29.8 Å². The van der Waals surface area contributed by atoms with E-state index in [4.69, 9.17) is 5.73 Å². The second kappa shape index (κ2) is 8.98. The third-order valence-electron chi connectivity index (χ3n) is 3.99. The van der Waals surface area contributed by atoms with Gasteiger partial charge in [-0.1, -0.05) is 26.0 Å². The number of aliphatic hydroxyl groups is 1. The number of hydrogen-bond donors (Lipinski definition) is 3. The third-order valence-corrected chi connectivity index (χ3v) is 5.22. The van der Waals surface area contributed by atoms with Crippen LogP contribution in [0.1, 0.15) is 38.2 Å². The van der Waals surface area contributed by atoms with Crippen molar-refractivity contribution in [3.8, 4) is 0 Å². The summed E-state index contributed by atoms with van der Waals surface area (Å²) >= 11 is 1.76. The van der Waals surface area contributed by atoms with E-state index in [9.17, 15) is 5.11 Å². The van der Waals surface area contributed by atoms with Gasteiger partial charge in [-0.3, -0.25) is 4.99 Å². The van der Waals surface area contributed by atoms with Crippen molar-refractivity contribution in [1.82, 2.24) is 0 Å². The Kier molecular flexibility index (Phi) is 7.99. The van der Waals surface area contributed by atoms with E-state index in [0.29, 0.717) is 18.4 Å². The molecule has 2 rings (SSSR count). The molecule has 0 aromatic heterocycles. The van der Waals surface area contributed by atoms with Crippen LogP contribution < -0.4 is 11.1 Å². The second-order valence-electron chi connectivity index (χ2n) is 5.78. The highest BCUT2D eigenvalue weighted by molar-refractivity contribution is 14.0. The normalized spacial score (nSPS) is 23.0. The molecule has 0 amide bonds. The maximum Gasteiger partial charge on any atom is 0.193 e. The number of nitrogens with zero attached hydrogens (tertiary/aromatic N) is 1. The Morgan fingerprint density at radius 2 is 2.14 bits per heavy atom. The van der Waals surface area contributed by atoms with E-state index in [1.165, 1.54) is 5.56 Å². The topological polar surface area (TPSA) is 70.6 Å². The number of halogens is 1. The van der Waals surface area contributed by atoms with Crippen LogP contribution in [0.25, 0.3) is 0 Å². The molecule has 0 aliphatic carbocycles. The Morgan fingerprint density at radius 1 is 1.45 bits per heavy atom. The van der Waals surface area contributed by atoms with E-state index in [1.807, 2.05) is 12.1 Å². The predicted molar refractivity (Wildman–Crippen MR) is 108 cm³/mol. The molecule has 1 aliphatic rings. The highest BCUT2D eigenvalue weighted by Gasteiger charge is 2.31. The number of rotatable bonds is 5. The Morgan fingerprint density at radius 3 is 2.68 bits per heavy atom. The number of hydrogen-bond acceptors (Lipinski definition) is 3. The van der Waals surface area contributed by atoms with Gasteiger partial charge in [-0.2, -0.15) is 11.8 Å². The highest BCUT2D eigenvalue weighted by Crippen LogP contribution is 2.27. The number of nitrogens with two attached hydrogens (primary N) is 1. The van der Waals surface area contributed by atoms with Gasteiger partial charge < -0.3 is 16.2 Å². The lowest BCUT2D eigenvalue weighted by molar-refractivity contribution is 0.0780. The summed E-state index contributed by atoms with van der Waals surface area (Å²) in [7, 11) is 0. The quantitative estimate of drug-likeness (QED) is 0.377. The van der Waals surface area contributed by atoms with Gasteiger partial charge >= 0.3 is 0 Å². The molecule has 22 heavy (non-hydrogen) atoms. The molecule has 1 aliphatic heterocycles. The first-order valence-electron chi connectivity index (χ1n) is 7.49. The number of thioether (sulfide) groups is 1. The molecule has 1 fully saturated rings. The summed E-state index contributed by atoms with van der Waals surface area (Å²) in [5.41, 5.74) is 7.46. The predicted octanol–water partition coefficient (Wildman–Crippen LogP) is 3.41. The van der Waals surface area contributed by atoms with Gasteiger partial charge in [0.15, 0.2) is 5.96 Å². The average Bonchev–Trinajstić information content (AvgIpc) is 2.92. The maximum atomic E-state index is 10.2. The standard InChI is InChI=1S/C16H25N3OS.HI/c1-3-12(2)13-4-6-14(7-5-13)19-15(17)18-10-16(20)8-9-21-11-16;/h4-7,12,20H,3,8-11H2,1-2H3,(H3,17,18,19);1H. The Hall–Kier alpha value is -0.470. The molecule has 4 nitrogen and oxygen atoms in total. The molecule has 1 saturated heterocycles. The molecule has 0 radical (unpaired) electrons. The molecule has 0 bridgehead atoms. The molecule has 1 heterocycles. The smallest absolute Gasteiger partial charge is 0.193 e. The average molecular weight is 435 g/mol. The van der Waals surface area contributed by atoms with Crippen molar-refractivity contribution in [2.24, 2.45) is 10.7 Å². The van der Waals surface area contributed by atoms with Crippen molar-refractivity contribution < 1.29 is 5.11 Å². The van der Waals surface area contributed by atoms with Crippen LogP contribution in [0.5, 0.6) is 0 Å². The van der Waals surface area contributed by atoms with Crippen LogP contribution in [-0.2, 0) is 0 Å². The molecule has 4 N–H and O–H groups in total. The van der Waals surface area contributed by atoms with Crippen LogP contribution >= 0.6 is 35.7 Å². The van der Waals surface area contributed by atoms with E-state index in [-0.39, 0.29) is 24.0 Å². The first-order valence-corrected chi connectivity index (χ1v) is 8.65. The van der Waals surface area contributed by atoms with E-state index >= 15 is 0 Å². The summed E-state index contributed by atoms with van der Waals surface area (Å²) in [4.78, 5) is 4.27. The van der Waals surface area contributed by atoms with Crippen molar-refractivity contribution in [2.75, 3.05) is 23.4 Å². The van der Waals surface area contributed by atoms with E-state index in [1.54, 1.807) is 11.8 Å². The lowest BCUT2D eigenvalue weighted by atomic mass is 9.99. The fraction of sp³-hybridized carbons (Fsp3) is 0.562. The minimum absolute atomic E-state index is 0. The van der Waals surface area contributed by atoms with Gasteiger partial charge in [0, 0.05) is 11.4 Å². The molecular formula is C16H26IN3OS. The molecule has 124 valence electrons. The van der Waals surface area contributed by atoms with E-state index in [2.05, 4.69) is 36.3 Å². The fourth-order valence-electron chi connectivity index (χ4n) is 2.27. The zero-order chi connectivity index (χ0) is 15.3. The summed E-state index contributed by atoms with van der Waals surface area (Å²) in [5, 5.41) is 13.3. The third kappa shape index (κ3) is 5.62. The van der Waals surface area contributed by atoms with Crippen LogP contribution in [0.15, 0.2) is 29.3 Å². The maximum absolute atomic E-state index is 10.2. The first kappa shape index (κ1) is 19.6. The molecule has 6 heteroatoms. The fourth-order valence-corrected chi connectivity index (χ4v) is 3.56. The minimum atomic E-state index is -0.683. The summed E-state index contributed by atoms with van der Waals surface area (Å²) in [6.45, 7) is 4.77. The van der Waals surface area contributed by atoms with Crippen LogP contribution in [0.2, 0.25) is 0 Å². The Balaban J connectivity index is 0.00000242. The lowest BCUT2D eigenvalue weighted by Crippen LogP contribution is -2.34. The van der Waals surface area contributed by atoms with Crippen molar-refractivity contribution >= 4 is 47.4 Å². The Labute approximate surface area is 154 Å². The number of aliphatic imine (C=N–C) groups is 1. The first-order chi connectivity index (χ1) is 10.0. The Bertz CT molecular complexity index is 487. The highest BCUT2D eigenvalue weighted by atomic mass is 127. The van der Waals surface area contributed by atoms with Gasteiger partial charge in [0.05, 0.1) is 12.1 Å². The van der Waals surface area contributed by atoms with Gasteiger partial charge in [-0.15, -0.1) is 24.0 Å². The summed E-state index contributed by atoms with van der Waals surface area (Å²) in [6.07, 6.45) is 1.92. The monoisotopic (exact) mass is 435 g/mol. The van der Waals surface area contributed by atoms with Gasteiger partial charge in [0.2, 0.25) is 0 Å². The second-order valence-corrected chi connectivity index (χ2v) is 6.89. The van der Waals surface area contributed by atoms with Crippen LogP contribution in [0.3, 0.4) is 0 Å². The SMILES string of the molecule is CCC(C)c1ccc(NC(N)=NCC2(O)CCSC2)cc1.I. The van der Waals surface area contributed by atoms with Crippen LogP contribution in [0, 0.1) is 0 Å². The van der Waals surface area contributed by atoms with Crippen LogP contribution in [-0.4, -0.2) is 34.7 Å². The summed E-state index contributed by atoms with van der Waals surface area (Å²) in [6, 6.07) is 8.27. The minimum Gasteiger partial charge on any atom is -0.387 e. The van der Waals surface area contributed by atoms with Gasteiger partial charge in [0.25, 0.3) is 0 Å². The molecule has 0 spiro atoms. The molecule has 2 unspecified atom stereocenters. The summed E-state index contributed by atoms with van der Waals surface area (Å²) in [5.74, 6) is 2.67. The zero-order valence-electron chi connectivity index (χ0n) is 13.2. The largest absolute Gasteiger partial charge is 0.387 e. The van der Waals surface area contributed by atoms with Gasteiger partial charge in [-0.25, -0.2) is 0 Å². The molecular weight excluding hydrogens is 409 g/mol. The molecule has 2 atom stereocenters. The zero-order valence-corrected chi connectivity index (χ0v) is 16.4. The van der Waals surface area contributed by atoms with Crippen molar-refractivity contribution in [1.29, 1.82) is 0 Å². The van der Waals surface area contributed by atoms with Crippen LogP contribution in [0.4, 0.5) is 5.69 Å². The van der Waals surface area contributed by atoms with Crippen molar-refractivity contribution in [3.63, 3.8) is 0 Å². The van der Waals surface area contributed by atoms with Gasteiger partial charge in [-0.05, 0) is 42.2 Å². The van der Waals surface area contributed by atoms with Crippen molar-refractivity contribution in [2.45, 2.75) is 38.2 Å². The molecule has 0 saturated carbocycles. The number of guanidine groups is 1. The number of anilines is 1. The van der Waals surface area contributed by atoms with Gasteiger partial charge in [0.1, 0.15) is 0 Å². The molecule has 1 aromatic rings. The van der Waals surface area contributed by atoms with E-state index < -0.39 is 5.60 Å². The van der Waals surface area contributed by atoms with E-state index in [0.717, 1.165) is 30.0 Å². The molecule has 1 aromatic carbocycles. The summed E-state index contributed by atoms with van der Waals surface area (Å²) < 4.78 is 0. The number of benzene rings is 1. The number of nitrogens with one attached hydrogen (secondary N) is 1. The lowest BCUT2D eigenvalue weighted by Gasteiger charge is -2.18.